The zero-order valence-electron chi connectivity index (χ0n) is 18.6. The molecule has 2 aromatic carbocycles. The number of hydrogen-bond acceptors (Lipinski definition) is 8. The van der Waals surface area contributed by atoms with Gasteiger partial charge in [0.25, 0.3) is 0 Å². The van der Waals surface area contributed by atoms with Crippen molar-refractivity contribution in [3.05, 3.63) is 70.0 Å². The maximum atomic E-state index is 13.6. The topological polar surface area (TPSA) is 96.6 Å². The van der Waals surface area contributed by atoms with E-state index in [4.69, 9.17) is 17.3 Å². The van der Waals surface area contributed by atoms with Gasteiger partial charge in [-0.25, -0.2) is 13.4 Å². The van der Waals surface area contributed by atoms with Crippen molar-refractivity contribution in [1.29, 1.82) is 0 Å². The molecule has 4 aromatic rings. The van der Waals surface area contributed by atoms with E-state index < -0.39 is 21.3 Å². The summed E-state index contributed by atoms with van der Waals surface area (Å²) in [7, 11) is -3.77. The molecular weight excluding hydrogens is 524 g/mol. The van der Waals surface area contributed by atoms with Crippen molar-refractivity contribution in [2.24, 2.45) is 0 Å². The van der Waals surface area contributed by atoms with Crippen LogP contribution < -0.4 is 5.73 Å². The predicted molar refractivity (Wildman–Crippen MR) is 145 cm³/mol. The Morgan fingerprint density at radius 2 is 2.03 bits per heavy atom. The molecule has 0 bridgehead atoms. The zero-order chi connectivity index (χ0) is 24.7. The molecule has 2 N–H and O–H groups in total. The molecule has 0 radical (unpaired) electrons. The van der Waals surface area contributed by atoms with E-state index >= 15 is 0 Å². The van der Waals surface area contributed by atoms with Crippen LogP contribution in [0.25, 0.3) is 20.3 Å². The summed E-state index contributed by atoms with van der Waals surface area (Å²) in [4.78, 5) is 19.3. The zero-order valence-corrected chi connectivity index (χ0v) is 21.8. The van der Waals surface area contributed by atoms with Crippen molar-refractivity contribution in [2.75, 3.05) is 25.4 Å². The maximum Gasteiger partial charge on any atom is 0.225 e. The van der Waals surface area contributed by atoms with Crippen LogP contribution in [-0.2, 0) is 21.4 Å². The molecule has 0 saturated carbocycles. The Labute approximate surface area is 216 Å². The van der Waals surface area contributed by atoms with Gasteiger partial charge in [-0.15, -0.1) is 29.3 Å². The minimum atomic E-state index is -3.77. The summed E-state index contributed by atoms with van der Waals surface area (Å²) in [6.07, 6.45) is 2.27. The first-order valence-corrected chi connectivity index (χ1v) is 14.5. The highest BCUT2D eigenvalue weighted by Crippen LogP contribution is 2.37. The number of thiazole rings is 1. The van der Waals surface area contributed by atoms with Crippen LogP contribution in [0.5, 0.6) is 0 Å². The molecule has 5 rings (SSSR count). The summed E-state index contributed by atoms with van der Waals surface area (Å²) in [5.41, 5.74) is 7.41. The number of nitrogen functional groups attached to an aromatic ring is 1. The Kier molecular flexibility index (Phi) is 6.69. The number of fused-ring (bicyclic) bond motifs is 2. The van der Waals surface area contributed by atoms with Gasteiger partial charge in [0, 0.05) is 34.2 Å². The van der Waals surface area contributed by atoms with Crippen molar-refractivity contribution in [1.82, 2.24) is 14.2 Å². The molecule has 0 amide bonds. The van der Waals surface area contributed by atoms with Gasteiger partial charge in [-0.2, -0.15) is 4.31 Å². The predicted octanol–water partition coefficient (Wildman–Crippen LogP) is 4.69. The molecular formula is C24H23ClN4O3S3. The van der Waals surface area contributed by atoms with Gasteiger partial charge in [0.1, 0.15) is 22.1 Å². The number of carbonyl (C=O) groups excluding carboxylic acids is 1. The number of nitrogens with zero attached hydrogens (tertiary/aromatic N) is 3. The molecule has 2 aromatic heterocycles. The molecule has 7 nitrogen and oxygen atoms in total. The Balaban J connectivity index is 1.35. The van der Waals surface area contributed by atoms with Gasteiger partial charge in [0.05, 0.1) is 23.0 Å². The Bertz CT molecular complexity index is 1530. The summed E-state index contributed by atoms with van der Waals surface area (Å²) in [6.45, 7) is 5.04. The lowest BCUT2D eigenvalue weighted by Gasteiger charge is -2.38. The van der Waals surface area contributed by atoms with Crippen LogP contribution in [0.15, 0.2) is 55.1 Å². The maximum absolute atomic E-state index is 13.6. The lowest BCUT2D eigenvalue weighted by atomic mass is 10.2. The molecule has 35 heavy (non-hydrogen) atoms. The SMILES string of the molecule is C=CC(c1cc2ccc(Cl)cc2s1)S(=O)(=O)N1CCN(Cc2nc3c(N)cccc3s2)C(C=O)C1. The molecule has 0 aliphatic carbocycles. The first kappa shape index (κ1) is 24.4. The molecule has 11 heteroatoms. The summed E-state index contributed by atoms with van der Waals surface area (Å²) < 4.78 is 30.5. The van der Waals surface area contributed by atoms with E-state index in [9.17, 15) is 13.2 Å². The number of piperazine rings is 1. The molecule has 1 aliphatic heterocycles. The standard InChI is InChI=1S/C24H23ClN4O3S3/c1-2-22(21-10-15-6-7-16(25)11-20(15)33-21)35(31,32)29-9-8-28(17(12-29)14-30)13-23-27-24-18(26)4-3-5-19(24)34-23/h2-7,10-11,14,17,22H,1,8-9,12-13,26H2. The smallest absolute Gasteiger partial charge is 0.225 e. The van der Waals surface area contributed by atoms with E-state index in [2.05, 4.69) is 11.6 Å². The van der Waals surface area contributed by atoms with Crippen LogP contribution >= 0.6 is 34.3 Å². The Morgan fingerprint density at radius 1 is 1.20 bits per heavy atom. The van der Waals surface area contributed by atoms with Crippen LogP contribution in [0.4, 0.5) is 5.69 Å². The van der Waals surface area contributed by atoms with E-state index in [1.165, 1.54) is 33.1 Å². The van der Waals surface area contributed by atoms with E-state index in [0.29, 0.717) is 28.7 Å². The average molecular weight is 547 g/mol. The van der Waals surface area contributed by atoms with Crippen molar-refractivity contribution < 1.29 is 13.2 Å². The number of carbonyl (C=O) groups is 1. The molecule has 1 aliphatic rings. The lowest BCUT2D eigenvalue weighted by molar-refractivity contribution is -0.114. The van der Waals surface area contributed by atoms with Crippen LogP contribution in [0, 0.1) is 0 Å². The number of anilines is 1. The number of rotatable bonds is 7. The fourth-order valence-electron chi connectivity index (χ4n) is 4.35. The third-order valence-electron chi connectivity index (χ3n) is 6.16. The second kappa shape index (κ2) is 9.61. The lowest BCUT2D eigenvalue weighted by Crippen LogP contribution is -2.55. The molecule has 3 heterocycles. The van der Waals surface area contributed by atoms with Gasteiger partial charge in [0.15, 0.2) is 0 Å². The third-order valence-corrected chi connectivity index (χ3v) is 10.9. The van der Waals surface area contributed by atoms with Gasteiger partial charge in [-0.05, 0) is 35.7 Å². The summed E-state index contributed by atoms with van der Waals surface area (Å²) >= 11 is 9.02. The van der Waals surface area contributed by atoms with E-state index in [1.54, 1.807) is 6.07 Å². The average Bonchev–Trinajstić information content (AvgIpc) is 3.43. The largest absolute Gasteiger partial charge is 0.397 e. The molecule has 2 atom stereocenters. The van der Waals surface area contributed by atoms with Crippen LogP contribution in [0.3, 0.4) is 0 Å². The number of aldehydes is 1. The molecule has 182 valence electrons. The molecule has 2 unspecified atom stereocenters. The van der Waals surface area contributed by atoms with Crippen molar-refractivity contribution in [3.8, 4) is 0 Å². The number of thiophene rings is 1. The number of nitrogens with two attached hydrogens (primary N) is 1. The van der Waals surface area contributed by atoms with Gasteiger partial charge in [0.2, 0.25) is 10.0 Å². The van der Waals surface area contributed by atoms with Crippen LogP contribution in [-0.4, -0.2) is 54.6 Å². The summed E-state index contributed by atoms with van der Waals surface area (Å²) in [5, 5.41) is 1.48. The highest BCUT2D eigenvalue weighted by molar-refractivity contribution is 7.89. The molecule has 0 spiro atoms. The van der Waals surface area contributed by atoms with E-state index in [0.717, 1.165) is 31.6 Å². The second-order valence-corrected chi connectivity index (χ2v) is 13.1. The quantitative estimate of drug-likeness (QED) is 0.205. The second-order valence-electron chi connectivity index (χ2n) is 8.37. The van der Waals surface area contributed by atoms with E-state index in [1.807, 2.05) is 41.3 Å². The summed E-state index contributed by atoms with van der Waals surface area (Å²) in [5.74, 6) is 0. The number of sulfonamides is 1. The summed E-state index contributed by atoms with van der Waals surface area (Å²) in [6, 6.07) is 12.4. The van der Waals surface area contributed by atoms with E-state index in [-0.39, 0.29) is 13.1 Å². The highest BCUT2D eigenvalue weighted by atomic mass is 35.5. The minimum Gasteiger partial charge on any atom is -0.397 e. The van der Waals surface area contributed by atoms with Gasteiger partial charge >= 0.3 is 0 Å². The number of para-hydroxylation sites is 1. The number of benzene rings is 2. The third kappa shape index (κ3) is 4.62. The fourth-order valence-corrected chi connectivity index (χ4v) is 8.83. The first-order chi connectivity index (χ1) is 16.8. The van der Waals surface area contributed by atoms with Crippen LogP contribution in [0.1, 0.15) is 15.1 Å². The van der Waals surface area contributed by atoms with Gasteiger partial charge in [-0.3, -0.25) is 4.90 Å². The number of hydrogen-bond donors (Lipinski definition) is 1. The highest BCUT2D eigenvalue weighted by Gasteiger charge is 2.38. The fraction of sp³-hybridized carbons (Fsp3) is 0.250. The van der Waals surface area contributed by atoms with Crippen LogP contribution in [0.2, 0.25) is 5.02 Å². The Morgan fingerprint density at radius 3 is 2.77 bits per heavy atom. The van der Waals surface area contributed by atoms with Crippen molar-refractivity contribution >= 4 is 76.6 Å². The monoisotopic (exact) mass is 546 g/mol. The molecule has 1 fully saturated rings. The van der Waals surface area contributed by atoms with Gasteiger partial charge < -0.3 is 10.5 Å². The first-order valence-electron chi connectivity index (χ1n) is 10.9. The Hall–Kier alpha value is -2.34. The van der Waals surface area contributed by atoms with Gasteiger partial charge in [-0.1, -0.05) is 29.8 Å². The number of halogens is 1. The number of aromatic nitrogens is 1. The van der Waals surface area contributed by atoms with Crippen molar-refractivity contribution in [3.63, 3.8) is 0 Å². The molecule has 1 saturated heterocycles. The van der Waals surface area contributed by atoms with Crippen molar-refractivity contribution in [2.45, 2.75) is 17.8 Å². The normalized spacial score (nSPS) is 18.7. The minimum absolute atomic E-state index is 0.0833.